The molecule has 34 heavy (non-hydrogen) atoms. The Bertz CT molecular complexity index is 947. The van der Waals surface area contributed by atoms with Gasteiger partial charge in [-0.05, 0) is 18.6 Å². The van der Waals surface area contributed by atoms with E-state index < -0.39 is 83.3 Å². The minimum absolute atomic E-state index is 0.0353. The van der Waals surface area contributed by atoms with Gasteiger partial charge in [-0.3, -0.25) is 14.4 Å². The second kappa shape index (κ2) is 8.62. The summed E-state index contributed by atoms with van der Waals surface area (Å²) in [4.78, 5) is 36.9. The van der Waals surface area contributed by atoms with Gasteiger partial charge in [0, 0.05) is 37.0 Å². The van der Waals surface area contributed by atoms with Crippen LogP contribution in [0.3, 0.4) is 0 Å². The molecule has 0 radical (unpaired) electrons. The van der Waals surface area contributed by atoms with Gasteiger partial charge >= 0.3 is 17.9 Å². The lowest BCUT2D eigenvalue weighted by Gasteiger charge is -2.53. The van der Waals surface area contributed by atoms with Crippen LogP contribution in [0, 0.1) is 23.2 Å². The molecule has 2 aliphatic carbocycles. The van der Waals surface area contributed by atoms with Gasteiger partial charge in [0.1, 0.15) is 18.3 Å². The van der Waals surface area contributed by atoms with Crippen molar-refractivity contribution in [2.24, 2.45) is 23.2 Å². The number of hydrogen-bond donors (Lipinski definition) is 2. The van der Waals surface area contributed by atoms with Gasteiger partial charge in [0.15, 0.2) is 11.7 Å². The van der Waals surface area contributed by atoms with E-state index in [4.69, 9.17) is 30.5 Å². The molecule has 4 aliphatic rings. The highest BCUT2D eigenvalue weighted by Crippen LogP contribution is 2.61. The van der Waals surface area contributed by atoms with E-state index in [0.717, 1.165) is 0 Å². The summed E-state index contributed by atoms with van der Waals surface area (Å²) in [5.41, 5.74) is -2.53. The maximum absolute atomic E-state index is 12.7. The molecule has 2 aliphatic heterocycles. The van der Waals surface area contributed by atoms with E-state index in [1.54, 1.807) is 26.0 Å². The molecular formula is C24H31ClO9. The minimum atomic E-state index is -1.98. The van der Waals surface area contributed by atoms with Crippen molar-refractivity contribution >= 4 is 29.5 Å². The smallest absolute Gasteiger partial charge is 0.312 e. The van der Waals surface area contributed by atoms with E-state index in [-0.39, 0.29) is 5.88 Å². The van der Waals surface area contributed by atoms with Crippen molar-refractivity contribution in [2.45, 2.75) is 76.8 Å². The van der Waals surface area contributed by atoms with Crippen molar-refractivity contribution in [3.8, 4) is 0 Å². The number of hydrogen-bond acceptors (Lipinski definition) is 9. The molecule has 0 aromatic rings. The van der Waals surface area contributed by atoms with E-state index in [1.165, 1.54) is 26.8 Å². The predicted octanol–water partition coefficient (Wildman–Crippen LogP) is 1.28. The number of rotatable bonds is 3. The molecule has 0 bridgehead atoms. The number of carbonyl (C=O) groups excluding carboxylic acids is 3. The lowest BCUT2D eigenvalue weighted by Crippen LogP contribution is -2.66. The van der Waals surface area contributed by atoms with Crippen molar-refractivity contribution in [3.05, 3.63) is 23.8 Å². The average Bonchev–Trinajstić information content (AvgIpc) is 3.53. The van der Waals surface area contributed by atoms with Gasteiger partial charge < -0.3 is 29.2 Å². The summed E-state index contributed by atoms with van der Waals surface area (Å²) in [5, 5.41) is 23.6. The zero-order chi connectivity index (χ0) is 25.2. The van der Waals surface area contributed by atoms with Crippen molar-refractivity contribution in [2.75, 3.05) is 5.88 Å². The molecule has 2 heterocycles. The third kappa shape index (κ3) is 3.68. The first-order chi connectivity index (χ1) is 15.9. The summed E-state index contributed by atoms with van der Waals surface area (Å²) in [6.07, 6.45) is -0.524. The normalized spacial score (nSPS) is 49.8. The first kappa shape index (κ1) is 25.2. The first-order valence-corrected chi connectivity index (χ1v) is 12.0. The third-order valence-electron chi connectivity index (χ3n) is 8.04. The van der Waals surface area contributed by atoms with Crippen LogP contribution >= 0.6 is 11.6 Å². The largest absolute Gasteiger partial charge is 0.459 e. The lowest BCUT2D eigenvalue weighted by atomic mass is 9.54. The van der Waals surface area contributed by atoms with Gasteiger partial charge in [-0.1, -0.05) is 26.0 Å². The van der Waals surface area contributed by atoms with E-state index in [9.17, 15) is 24.6 Å². The summed E-state index contributed by atoms with van der Waals surface area (Å²) >= 11 is 6.10. The molecule has 0 aromatic heterocycles. The standard InChI is InChI=1S/C24H31ClO9/c1-10-17-20(32-13(4)27)24(30)11(2)22(29)33-16(24)8-14(9-25)6-7-15(28)23(17,5)21-19(34-21)18(10)31-12(3)26/h6-8,10-11,15-21,28,30H,9H2,1-5H3/b7-6+,14-8+/t10-,11+,15+,16+,17-,18-,19+,20+,21+,23-,24+/m1/s1. The molecule has 0 unspecified atom stereocenters. The maximum atomic E-state index is 12.7. The first-order valence-electron chi connectivity index (χ1n) is 11.4. The molecule has 9 nitrogen and oxygen atoms in total. The highest BCUT2D eigenvalue weighted by molar-refractivity contribution is 6.19. The molecule has 188 valence electrons. The van der Waals surface area contributed by atoms with E-state index in [2.05, 4.69) is 0 Å². The number of allylic oxidation sites excluding steroid dienone is 2. The van der Waals surface area contributed by atoms with Crippen molar-refractivity contribution in [3.63, 3.8) is 0 Å². The zero-order valence-electron chi connectivity index (χ0n) is 19.8. The Morgan fingerprint density at radius 3 is 2.44 bits per heavy atom. The zero-order valence-corrected chi connectivity index (χ0v) is 20.5. The van der Waals surface area contributed by atoms with Crippen LogP contribution in [-0.2, 0) is 33.3 Å². The van der Waals surface area contributed by atoms with Crippen molar-refractivity contribution in [1.82, 2.24) is 0 Å². The fourth-order valence-corrected chi connectivity index (χ4v) is 6.37. The van der Waals surface area contributed by atoms with Crippen LogP contribution in [0.1, 0.15) is 34.6 Å². The number of aliphatic hydroxyl groups is 2. The van der Waals surface area contributed by atoms with Crippen LogP contribution in [0.2, 0.25) is 0 Å². The SMILES string of the molecule is CC(=O)O[C@@H]1[C@H](C)[C@@H]2[C@H](OC(C)=O)[C@@]3(O)[C@H](/C=C(CCl)\C=C\[C@H](O)[C@@]2(C)[C@H]2O[C@@H]12)OC(=O)[C@@H]3C. The van der Waals surface area contributed by atoms with E-state index in [1.807, 2.05) is 0 Å². The molecule has 0 amide bonds. The second-order valence-corrected chi connectivity index (χ2v) is 10.3. The third-order valence-corrected chi connectivity index (χ3v) is 8.35. The number of carbonyl (C=O) groups is 3. The molecule has 10 heteroatoms. The summed E-state index contributed by atoms with van der Waals surface area (Å²) in [7, 11) is 0. The van der Waals surface area contributed by atoms with Crippen LogP contribution in [-0.4, -0.2) is 76.2 Å². The Balaban J connectivity index is 1.95. The Morgan fingerprint density at radius 1 is 1.21 bits per heavy atom. The van der Waals surface area contributed by atoms with E-state index in [0.29, 0.717) is 5.57 Å². The van der Waals surface area contributed by atoms with Crippen LogP contribution < -0.4 is 0 Å². The second-order valence-electron chi connectivity index (χ2n) is 10.0. The van der Waals surface area contributed by atoms with Crippen molar-refractivity contribution < 1.29 is 43.5 Å². The van der Waals surface area contributed by atoms with Crippen LogP contribution in [0.5, 0.6) is 0 Å². The Morgan fingerprint density at radius 2 is 1.85 bits per heavy atom. The summed E-state index contributed by atoms with van der Waals surface area (Å²) < 4.78 is 22.8. The quantitative estimate of drug-likeness (QED) is 0.255. The van der Waals surface area contributed by atoms with Gasteiger partial charge in [0.25, 0.3) is 0 Å². The van der Waals surface area contributed by atoms with E-state index >= 15 is 0 Å². The topological polar surface area (TPSA) is 132 Å². The molecule has 11 atom stereocenters. The molecule has 0 spiro atoms. The Hall–Kier alpha value is -1.94. The van der Waals surface area contributed by atoms with Crippen molar-refractivity contribution in [1.29, 1.82) is 0 Å². The number of esters is 3. The average molecular weight is 499 g/mol. The van der Waals surface area contributed by atoms with Gasteiger partial charge in [0.2, 0.25) is 0 Å². The number of alkyl halides is 1. The predicted molar refractivity (Wildman–Crippen MR) is 118 cm³/mol. The van der Waals surface area contributed by atoms with Gasteiger partial charge in [-0.2, -0.15) is 0 Å². The van der Waals surface area contributed by atoms with Crippen LogP contribution in [0.4, 0.5) is 0 Å². The number of halogens is 1. The molecule has 2 saturated heterocycles. The Labute approximate surface area is 203 Å². The summed E-state index contributed by atoms with van der Waals surface area (Å²) in [6.45, 7) is 7.60. The molecule has 0 aromatic carbocycles. The van der Waals surface area contributed by atoms with Crippen LogP contribution in [0.15, 0.2) is 23.8 Å². The fourth-order valence-electron chi connectivity index (χ4n) is 6.20. The highest BCUT2D eigenvalue weighted by Gasteiger charge is 2.74. The van der Waals surface area contributed by atoms with Gasteiger partial charge in [0.05, 0.1) is 18.1 Å². The number of fused-ring (bicyclic) bond motifs is 4. The lowest BCUT2D eigenvalue weighted by molar-refractivity contribution is -0.215. The fraction of sp³-hybridized carbons (Fsp3) is 0.708. The molecule has 1 saturated carbocycles. The molecular weight excluding hydrogens is 468 g/mol. The van der Waals surface area contributed by atoms with Crippen LogP contribution in [0.25, 0.3) is 0 Å². The number of ether oxygens (including phenoxy) is 4. The monoisotopic (exact) mass is 498 g/mol. The Kier molecular flexibility index (Phi) is 6.38. The summed E-state index contributed by atoms with van der Waals surface area (Å²) in [5.74, 6) is -4.15. The maximum Gasteiger partial charge on any atom is 0.312 e. The molecule has 2 N–H and O–H groups in total. The molecule has 4 rings (SSSR count). The molecule has 3 fully saturated rings. The highest BCUT2D eigenvalue weighted by atomic mass is 35.5. The minimum Gasteiger partial charge on any atom is -0.459 e. The van der Waals surface area contributed by atoms with Gasteiger partial charge in [-0.15, -0.1) is 11.6 Å². The summed E-state index contributed by atoms with van der Waals surface area (Å²) in [6, 6.07) is 0. The number of epoxide rings is 1. The van der Waals surface area contributed by atoms with Gasteiger partial charge in [-0.25, -0.2) is 0 Å². The number of aliphatic hydroxyl groups excluding tert-OH is 1.